The van der Waals surface area contributed by atoms with Crippen molar-refractivity contribution in [1.82, 2.24) is 4.90 Å². The summed E-state index contributed by atoms with van der Waals surface area (Å²) in [4.78, 5) is 25.7. The van der Waals surface area contributed by atoms with Gasteiger partial charge in [-0.2, -0.15) is 0 Å². The monoisotopic (exact) mass is 309 g/mol. The minimum Gasteiger partial charge on any atom is -0.466 e. The van der Waals surface area contributed by atoms with E-state index in [9.17, 15) is 9.59 Å². The molecule has 5 heteroatoms. The zero-order valence-electron chi connectivity index (χ0n) is 12.2. The number of esters is 1. The second-order valence-electron chi connectivity index (χ2n) is 5.18. The average molecular weight is 310 g/mol. The number of ether oxygens (including phenoxy) is 1. The van der Waals surface area contributed by atoms with Gasteiger partial charge in [-0.15, -0.1) is 0 Å². The first kappa shape index (κ1) is 15.8. The molecule has 1 heterocycles. The van der Waals surface area contributed by atoms with Crippen LogP contribution in [-0.4, -0.2) is 36.5 Å². The minimum atomic E-state index is -0.143. The number of carbonyl (C=O) groups is 2. The van der Waals surface area contributed by atoms with Gasteiger partial charge in [-0.05, 0) is 31.4 Å². The van der Waals surface area contributed by atoms with Gasteiger partial charge in [-0.3, -0.25) is 9.59 Å². The number of piperidine rings is 1. The standard InChI is InChI=1S/C16H20ClNO3/c1-2-21-16(20)12-7-9-18(10-8-12)15(19)11-13-5-3-4-6-14(13)17/h3-6,12H,2,7-11H2,1H3. The maximum atomic E-state index is 12.3. The summed E-state index contributed by atoms with van der Waals surface area (Å²) < 4.78 is 5.03. The fraction of sp³-hybridized carbons (Fsp3) is 0.500. The van der Waals surface area contributed by atoms with E-state index in [4.69, 9.17) is 16.3 Å². The highest BCUT2D eigenvalue weighted by atomic mass is 35.5. The van der Waals surface area contributed by atoms with Crippen molar-refractivity contribution in [3.8, 4) is 0 Å². The van der Waals surface area contributed by atoms with E-state index in [0.717, 1.165) is 5.56 Å². The van der Waals surface area contributed by atoms with Gasteiger partial charge in [0.1, 0.15) is 0 Å². The summed E-state index contributed by atoms with van der Waals surface area (Å²) >= 11 is 6.07. The first-order valence-electron chi connectivity index (χ1n) is 7.29. The molecule has 1 amide bonds. The highest BCUT2D eigenvalue weighted by molar-refractivity contribution is 6.31. The van der Waals surface area contributed by atoms with Gasteiger partial charge in [0.2, 0.25) is 5.91 Å². The molecule has 0 spiro atoms. The van der Waals surface area contributed by atoms with Crippen LogP contribution in [0.3, 0.4) is 0 Å². The first-order valence-corrected chi connectivity index (χ1v) is 7.67. The summed E-state index contributed by atoms with van der Waals surface area (Å²) in [7, 11) is 0. The van der Waals surface area contributed by atoms with Crippen LogP contribution in [0.1, 0.15) is 25.3 Å². The van der Waals surface area contributed by atoms with Crippen LogP contribution in [0.5, 0.6) is 0 Å². The van der Waals surface area contributed by atoms with Crippen LogP contribution in [-0.2, 0) is 20.7 Å². The molecule has 1 aromatic carbocycles. The van der Waals surface area contributed by atoms with Crippen molar-refractivity contribution in [1.29, 1.82) is 0 Å². The number of rotatable bonds is 4. The molecule has 1 aromatic rings. The molecule has 0 saturated carbocycles. The predicted molar refractivity (Wildman–Crippen MR) is 81.1 cm³/mol. The molecule has 1 aliphatic rings. The number of hydrogen-bond acceptors (Lipinski definition) is 3. The maximum absolute atomic E-state index is 12.3. The molecule has 2 rings (SSSR count). The maximum Gasteiger partial charge on any atom is 0.309 e. The van der Waals surface area contributed by atoms with E-state index in [1.165, 1.54) is 0 Å². The van der Waals surface area contributed by atoms with Gasteiger partial charge in [-0.25, -0.2) is 0 Å². The predicted octanol–water partition coefficient (Wildman–Crippen LogP) is 2.68. The van der Waals surface area contributed by atoms with Gasteiger partial charge in [-0.1, -0.05) is 29.8 Å². The molecule has 21 heavy (non-hydrogen) atoms. The Morgan fingerprint density at radius 3 is 2.57 bits per heavy atom. The lowest BCUT2D eigenvalue weighted by Crippen LogP contribution is -2.41. The Balaban J connectivity index is 1.86. The third kappa shape index (κ3) is 4.21. The molecule has 0 bridgehead atoms. The van der Waals surface area contributed by atoms with Crippen LogP contribution in [0.4, 0.5) is 0 Å². The number of halogens is 1. The van der Waals surface area contributed by atoms with Crippen LogP contribution >= 0.6 is 11.6 Å². The lowest BCUT2D eigenvalue weighted by atomic mass is 9.96. The Hall–Kier alpha value is -1.55. The Morgan fingerprint density at radius 2 is 1.95 bits per heavy atom. The second-order valence-corrected chi connectivity index (χ2v) is 5.58. The van der Waals surface area contributed by atoms with Crippen molar-refractivity contribution in [2.45, 2.75) is 26.2 Å². The number of carbonyl (C=O) groups excluding carboxylic acids is 2. The van der Waals surface area contributed by atoms with Crippen molar-refractivity contribution in [2.24, 2.45) is 5.92 Å². The molecule has 4 nitrogen and oxygen atoms in total. The normalized spacial score (nSPS) is 15.8. The SMILES string of the molecule is CCOC(=O)C1CCN(C(=O)Cc2ccccc2Cl)CC1. The highest BCUT2D eigenvalue weighted by Gasteiger charge is 2.28. The van der Waals surface area contributed by atoms with Crippen LogP contribution in [0, 0.1) is 5.92 Å². The topological polar surface area (TPSA) is 46.6 Å². The Labute approximate surface area is 130 Å². The third-order valence-corrected chi connectivity index (χ3v) is 4.14. The third-order valence-electron chi connectivity index (χ3n) is 3.77. The molecule has 0 aromatic heterocycles. The van der Waals surface area contributed by atoms with Crippen molar-refractivity contribution >= 4 is 23.5 Å². The van der Waals surface area contributed by atoms with Crippen molar-refractivity contribution in [3.05, 3.63) is 34.9 Å². The fourth-order valence-corrected chi connectivity index (χ4v) is 2.74. The fourth-order valence-electron chi connectivity index (χ4n) is 2.54. The molecule has 1 saturated heterocycles. The minimum absolute atomic E-state index is 0.0606. The number of amides is 1. The van der Waals surface area contributed by atoms with Crippen LogP contribution in [0.2, 0.25) is 5.02 Å². The molecule has 0 unspecified atom stereocenters. The number of likely N-dealkylation sites (tertiary alicyclic amines) is 1. The average Bonchev–Trinajstić information content (AvgIpc) is 2.50. The van der Waals surface area contributed by atoms with E-state index in [-0.39, 0.29) is 17.8 Å². The van der Waals surface area contributed by atoms with Crippen LogP contribution in [0.25, 0.3) is 0 Å². The van der Waals surface area contributed by atoms with Gasteiger partial charge in [0, 0.05) is 18.1 Å². The Kier molecular flexibility index (Phi) is 5.62. The van der Waals surface area contributed by atoms with E-state index >= 15 is 0 Å². The van der Waals surface area contributed by atoms with Crippen molar-refractivity contribution in [3.63, 3.8) is 0 Å². The lowest BCUT2D eigenvalue weighted by molar-refractivity contribution is -0.151. The van der Waals surface area contributed by atoms with Crippen LogP contribution < -0.4 is 0 Å². The molecular formula is C16H20ClNO3. The van der Waals surface area contributed by atoms with Gasteiger partial charge >= 0.3 is 5.97 Å². The summed E-state index contributed by atoms with van der Waals surface area (Å²) in [5.41, 5.74) is 0.844. The van der Waals surface area contributed by atoms with Crippen molar-refractivity contribution in [2.75, 3.05) is 19.7 Å². The van der Waals surface area contributed by atoms with E-state index in [0.29, 0.717) is 44.0 Å². The molecule has 0 aliphatic carbocycles. The van der Waals surface area contributed by atoms with E-state index in [1.807, 2.05) is 18.2 Å². The summed E-state index contributed by atoms with van der Waals surface area (Å²) in [5.74, 6) is -0.157. The molecule has 0 atom stereocenters. The molecule has 0 radical (unpaired) electrons. The van der Waals surface area contributed by atoms with Gasteiger partial charge in [0.25, 0.3) is 0 Å². The zero-order chi connectivity index (χ0) is 15.2. The van der Waals surface area contributed by atoms with Gasteiger partial charge in [0.05, 0.1) is 18.9 Å². The number of nitrogens with zero attached hydrogens (tertiary/aromatic N) is 1. The number of hydrogen-bond donors (Lipinski definition) is 0. The van der Waals surface area contributed by atoms with Gasteiger partial charge in [0.15, 0.2) is 0 Å². The quantitative estimate of drug-likeness (QED) is 0.803. The summed E-state index contributed by atoms with van der Waals surface area (Å²) in [6.45, 7) is 3.42. The van der Waals surface area contributed by atoms with Crippen molar-refractivity contribution < 1.29 is 14.3 Å². The van der Waals surface area contributed by atoms with E-state index in [2.05, 4.69) is 0 Å². The summed E-state index contributed by atoms with van der Waals surface area (Å²) in [6, 6.07) is 7.38. The second kappa shape index (κ2) is 7.46. The van der Waals surface area contributed by atoms with E-state index < -0.39 is 0 Å². The van der Waals surface area contributed by atoms with E-state index in [1.54, 1.807) is 17.9 Å². The Morgan fingerprint density at radius 1 is 1.29 bits per heavy atom. The molecule has 1 fully saturated rings. The first-order chi connectivity index (χ1) is 10.1. The van der Waals surface area contributed by atoms with Crippen LogP contribution in [0.15, 0.2) is 24.3 Å². The lowest BCUT2D eigenvalue weighted by Gasteiger charge is -2.31. The highest BCUT2D eigenvalue weighted by Crippen LogP contribution is 2.21. The zero-order valence-corrected chi connectivity index (χ0v) is 12.9. The van der Waals surface area contributed by atoms with Gasteiger partial charge < -0.3 is 9.64 Å². The molecule has 1 aliphatic heterocycles. The number of benzene rings is 1. The smallest absolute Gasteiger partial charge is 0.309 e. The largest absolute Gasteiger partial charge is 0.466 e. The molecular weight excluding hydrogens is 290 g/mol. The summed E-state index contributed by atoms with van der Waals surface area (Å²) in [5, 5.41) is 0.618. The molecule has 0 N–H and O–H groups in total. The molecule has 114 valence electrons. The summed E-state index contributed by atoms with van der Waals surface area (Å²) in [6.07, 6.45) is 1.66. The Bertz CT molecular complexity index is 510.